The van der Waals surface area contributed by atoms with Gasteiger partial charge in [-0.05, 0) is 41.7 Å². The number of imidazole rings is 1. The van der Waals surface area contributed by atoms with Crippen molar-refractivity contribution in [2.24, 2.45) is 0 Å². The number of nitrogens with zero attached hydrogens (tertiary/aromatic N) is 3. The van der Waals surface area contributed by atoms with E-state index in [1.54, 1.807) is 11.7 Å². The van der Waals surface area contributed by atoms with Crippen molar-refractivity contribution < 1.29 is 28.5 Å². The molecule has 2 N–H and O–H groups in total. The normalized spacial score (nSPS) is 11.6. The summed E-state index contributed by atoms with van der Waals surface area (Å²) in [6.45, 7) is 4.18. The number of ether oxygens (including phenoxy) is 4. The number of aromatic amines is 1. The molecule has 12 heteroatoms. The second-order valence-corrected chi connectivity index (χ2v) is 17.1. The van der Waals surface area contributed by atoms with Gasteiger partial charge in [-0.1, -0.05) is 189 Å². The largest absolute Gasteiger partial charge is 0.497 e. The van der Waals surface area contributed by atoms with Crippen molar-refractivity contribution in [2.45, 2.75) is 161 Å². The number of hydrogen-bond acceptors (Lipinski definition) is 10. The first-order chi connectivity index (χ1) is 31.9. The van der Waals surface area contributed by atoms with E-state index < -0.39 is 17.2 Å². The van der Waals surface area contributed by atoms with Crippen molar-refractivity contribution in [3.8, 4) is 5.75 Å². The number of carbonyl (C=O) groups excluding carboxylic acids is 2. The number of rotatable bonds is 33. The van der Waals surface area contributed by atoms with Crippen LogP contribution < -0.4 is 15.6 Å². The summed E-state index contributed by atoms with van der Waals surface area (Å²) in [5, 5.41) is 3.63. The number of benzene rings is 3. The number of anilines is 1. The monoisotopic (exact) mass is 892 g/mol. The lowest BCUT2D eigenvalue weighted by molar-refractivity contribution is -0.157. The smallest absolute Gasteiger partial charge is 0.305 e. The van der Waals surface area contributed by atoms with Crippen molar-refractivity contribution in [3.63, 3.8) is 0 Å². The molecule has 0 atom stereocenters. The zero-order valence-electron chi connectivity index (χ0n) is 39.2. The van der Waals surface area contributed by atoms with Crippen molar-refractivity contribution >= 4 is 29.1 Å². The molecule has 0 radical (unpaired) electrons. The molecule has 0 fully saturated rings. The van der Waals surface area contributed by atoms with Gasteiger partial charge >= 0.3 is 11.9 Å². The van der Waals surface area contributed by atoms with Crippen LogP contribution in [0.1, 0.15) is 159 Å². The summed E-state index contributed by atoms with van der Waals surface area (Å²) in [5.41, 5.74) is 1.69. The van der Waals surface area contributed by atoms with Crippen LogP contribution in [-0.4, -0.2) is 57.9 Å². The van der Waals surface area contributed by atoms with Gasteiger partial charge in [0.25, 0.3) is 5.56 Å². The fourth-order valence-corrected chi connectivity index (χ4v) is 8.23. The van der Waals surface area contributed by atoms with Crippen LogP contribution in [0.4, 0.5) is 5.95 Å². The second kappa shape index (κ2) is 28.4. The number of unbranched alkanes of at least 4 members (excludes halogenated alkanes) is 16. The summed E-state index contributed by atoms with van der Waals surface area (Å²) >= 11 is 0. The lowest BCUT2D eigenvalue weighted by Gasteiger charge is -2.37. The molecule has 0 bridgehead atoms. The van der Waals surface area contributed by atoms with E-state index in [1.807, 2.05) is 84.9 Å². The number of carbonyl (C=O) groups is 2. The minimum absolute atomic E-state index is 0.0897. The van der Waals surface area contributed by atoms with Crippen molar-refractivity contribution in [1.29, 1.82) is 0 Å². The summed E-state index contributed by atoms with van der Waals surface area (Å²) in [5.74, 6) is 0.301. The molecule has 0 amide bonds. The van der Waals surface area contributed by atoms with E-state index in [1.165, 1.54) is 83.4 Å². The highest BCUT2D eigenvalue weighted by molar-refractivity contribution is 5.72. The van der Waals surface area contributed by atoms with Crippen molar-refractivity contribution in [2.75, 3.05) is 25.6 Å². The maximum atomic E-state index is 13.7. The van der Waals surface area contributed by atoms with Gasteiger partial charge in [0.15, 0.2) is 11.2 Å². The third-order valence-electron chi connectivity index (χ3n) is 12.0. The topological polar surface area (TPSA) is 147 Å². The van der Waals surface area contributed by atoms with E-state index in [0.717, 1.165) is 55.2 Å². The van der Waals surface area contributed by atoms with E-state index in [9.17, 15) is 14.4 Å². The molecule has 0 saturated carbocycles. The molecule has 0 unspecified atom stereocenters. The van der Waals surface area contributed by atoms with Crippen LogP contribution in [0, 0.1) is 0 Å². The Bertz CT molecular complexity index is 2080. The minimum Gasteiger partial charge on any atom is -0.497 e. The summed E-state index contributed by atoms with van der Waals surface area (Å²) < 4.78 is 24.8. The Labute approximate surface area is 386 Å². The van der Waals surface area contributed by atoms with E-state index in [4.69, 9.17) is 23.9 Å². The Morgan fingerprint density at radius 2 is 1.11 bits per heavy atom. The van der Waals surface area contributed by atoms with Crippen LogP contribution in [0.25, 0.3) is 11.2 Å². The number of aromatic nitrogens is 4. The van der Waals surface area contributed by atoms with Crippen LogP contribution in [-0.2, 0) is 36.1 Å². The molecule has 5 rings (SSSR count). The number of H-pyrrole nitrogens is 1. The number of fused-ring (bicyclic) bond motifs is 1. The number of methoxy groups -OCH3 is 1. The third-order valence-corrected chi connectivity index (χ3v) is 12.0. The first-order valence-corrected chi connectivity index (χ1v) is 24.3. The molecule has 5 aromatic rings. The predicted octanol–water partition coefficient (Wildman–Crippen LogP) is 11.8. The first kappa shape index (κ1) is 50.5. The standard InChI is InChI=1S/C53H73N5O7/c1-4-6-8-10-12-14-16-18-26-32-47(59)63-38-46(39-64-48(60)33-27-19-17-15-13-11-9-7-5-2)65-41-58-40-54-49-50(58)55-52(56-51(49)61)57-53(42-28-22-20-23-29-42,43-30-24-21-25-31-43)44-34-36-45(62-3)37-35-44/h20-25,28-31,34-37,40,46H,4-19,26-27,32-33,38-39,41H2,1-3H3,(H2,55,56,57,61). The van der Waals surface area contributed by atoms with E-state index in [2.05, 4.69) is 29.1 Å². The van der Waals surface area contributed by atoms with Crippen molar-refractivity contribution in [3.05, 3.63) is 118 Å². The lowest BCUT2D eigenvalue weighted by Crippen LogP contribution is -2.39. The zero-order valence-corrected chi connectivity index (χ0v) is 39.2. The molecule has 0 aliphatic rings. The Balaban J connectivity index is 1.28. The molecule has 0 spiro atoms. The minimum atomic E-state index is -0.999. The number of hydrogen-bond donors (Lipinski definition) is 2. The maximum absolute atomic E-state index is 13.7. The Kier molecular flexibility index (Phi) is 22.1. The fraction of sp³-hybridized carbons (Fsp3) is 0.528. The quantitative estimate of drug-likeness (QED) is 0.0237. The molecular weight excluding hydrogens is 819 g/mol. The molecule has 65 heavy (non-hydrogen) atoms. The number of esters is 2. The van der Waals surface area contributed by atoms with Gasteiger partial charge in [-0.15, -0.1) is 0 Å². The molecular formula is C53H73N5O7. The molecule has 0 aliphatic carbocycles. The maximum Gasteiger partial charge on any atom is 0.305 e. The predicted molar refractivity (Wildman–Crippen MR) is 258 cm³/mol. The van der Waals surface area contributed by atoms with Crippen LogP contribution in [0.3, 0.4) is 0 Å². The van der Waals surface area contributed by atoms with Crippen LogP contribution in [0.15, 0.2) is 96.1 Å². The highest BCUT2D eigenvalue weighted by atomic mass is 16.6. The van der Waals surface area contributed by atoms with Crippen LogP contribution in [0.5, 0.6) is 5.75 Å². The van der Waals surface area contributed by atoms with Gasteiger partial charge in [0, 0.05) is 12.8 Å². The highest BCUT2D eigenvalue weighted by Crippen LogP contribution is 2.40. The molecule has 0 saturated heterocycles. The van der Waals surface area contributed by atoms with Gasteiger partial charge in [-0.25, -0.2) is 4.98 Å². The zero-order chi connectivity index (χ0) is 46.0. The molecule has 3 aromatic carbocycles. The van der Waals surface area contributed by atoms with E-state index in [-0.39, 0.29) is 49.0 Å². The van der Waals surface area contributed by atoms with Crippen LogP contribution in [0.2, 0.25) is 0 Å². The Morgan fingerprint density at radius 3 is 1.58 bits per heavy atom. The average molecular weight is 892 g/mol. The Hall–Kier alpha value is -5.49. The van der Waals surface area contributed by atoms with Gasteiger partial charge in [-0.3, -0.25) is 23.9 Å². The molecule has 12 nitrogen and oxygen atoms in total. The van der Waals surface area contributed by atoms with E-state index in [0.29, 0.717) is 18.6 Å². The molecule has 352 valence electrons. The highest BCUT2D eigenvalue weighted by Gasteiger charge is 2.37. The summed E-state index contributed by atoms with van der Waals surface area (Å²) in [6, 6.07) is 27.8. The van der Waals surface area contributed by atoms with Gasteiger partial charge < -0.3 is 24.3 Å². The van der Waals surface area contributed by atoms with E-state index >= 15 is 0 Å². The molecule has 0 aliphatic heterocycles. The Morgan fingerprint density at radius 1 is 0.646 bits per heavy atom. The fourth-order valence-electron chi connectivity index (χ4n) is 8.23. The SMILES string of the molecule is CCCCCCCCCCCC(=O)OCC(COC(=O)CCCCCCCCCCC)OCn1cnc2c(=O)[nH]c(NC(c3ccccc3)(c3ccccc3)c3ccc(OC)cc3)nc21. The lowest BCUT2D eigenvalue weighted by atomic mass is 9.77. The number of nitrogens with one attached hydrogen (secondary N) is 2. The summed E-state index contributed by atoms with van der Waals surface area (Å²) in [4.78, 5) is 51.7. The average Bonchev–Trinajstić information content (AvgIpc) is 3.75. The van der Waals surface area contributed by atoms with Gasteiger partial charge in [0.2, 0.25) is 5.95 Å². The molecule has 2 aromatic heterocycles. The summed E-state index contributed by atoms with van der Waals surface area (Å²) in [7, 11) is 1.63. The second-order valence-electron chi connectivity index (χ2n) is 17.1. The summed E-state index contributed by atoms with van der Waals surface area (Å²) in [6.07, 6.45) is 22.1. The van der Waals surface area contributed by atoms with Gasteiger partial charge in [0.1, 0.15) is 37.3 Å². The van der Waals surface area contributed by atoms with Crippen LogP contribution >= 0.6 is 0 Å². The van der Waals surface area contributed by atoms with Gasteiger partial charge in [0.05, 0.1) is 13.4 Å². The van der Waals surface area contributed by atoms with Crippen molar-refractivity contribution in [1.82, 2.24) is 19.5 Å². The molecule has 2 heterocycles. The van der Waals surface area contributed by atoms with Gasteiger partial charge in [-0.2, -0.15) is 4.98 Å². The third kappa shape index (κ3) is 16.2. The first-order valence-electron chi connectivity index (χ1n) is 24.3.